The molecular formula is C17H20FN5O. The number of benzene rings is 1. The summed E-state index contributed by atoms with van der Waals surface area (Å²) in [6.45, 7) is 1.76. The first-order valence-corrected chi connectivity index (χ1v) is 8.22. The second kappa shape index (κ2) is 7.30. The zero-order chi connectivity index (χ0) is 16.9. The monoisotopic (exact) mass is 329 g/mol. The molecule has 24 heavy (non-hydrogen) atoms. The Kier molecular flexibility index (Phi) is 4.94. The maximum Gasteiger partial charge on any atom is 0.317 e. The molecule has 0 bridgehead atoms. The quantitative estimate of drug-likeness (QED) is 0.846. The third-order valence-electron chi connectivity index (χ3n) is 4.25. The van der Waals surface area contributed by atoms with Crippen LogP contribution in [0.1, 0.15) is 25.1 Å². The Balaban J connectivity index is 1.44. The minimum atomic E-state index is -0.290. The molecule has 0 spiro atoms. The predicted molar refractivity (Wildman–Crippen MR) is 87.7 cm³/mol. The molecule has 2 N–H and O–H groups in total. The highest BCUT2D eigenvalue weighted by molar-refractivity contribution is 5.75. The number of likely N-dealkylation sites (tertiary alicyclic amines) is 1. The molecule has 0 saturated carbocycles. The van der Waals surface area contributed by atoms with Gasteiger partial charge in [0.25, 0.3) is 0 Å². The standard InChI is InChI=1S/C17H20FN5O/c18-13-5-6-14-15(9-13)22-16(21-14)4-1-7-20-17(24)23-8-2-3-12(10-19)11-23/h5-6,9,12H,1-4,7-8,11H2,(H,20,24)(H,21,22)/t12-/m1/s1. The highest BCUT2D eigenvalue weighted by Gasteiger charge is 2.22. The van der Waals surface area contributed by atoms with Crippen LogP contribution >= 0.6 is 0 Å². The van der Waals surface area contributed by atoms with Gasteiger partial charge in [0.2, 0.25) is 0 Å². The molecule has 0 aliphatic carbocycles. The second-order valence-corrected chi connectivity index (χ2v) is 6.09. The Bertz CT molecular complexity index is 766. The fraction of sp³-hybridized carbons (Fsp3) is 0.471. The van der Waals surface area contributed by atoms with Crippen LogP contribution in [0.3, 0.4) is 0 Å². The van der Waals surface area contributed by atoms with Gasteiger partial charge >= 0.3 is 6.03 Å². The first-order valence-electron chi connectivity index (χ1n) is 8.22. The van der Waals surface area contributed by atoms with Crippen molar-refractivity contribution in [2.45, 2.75) is 25.7 Å². The predicted octanol–water partition coefficient (Wildman–Crippen LogP) is 2.58. The summed E-state index contributed by atoms with van der Waals surface area (Å²) in [5, 5.41) is 11.9. The molecule has 1 fully saturated rings. The van der Waals surface area contributed by atoms with Gasteiger partial charge in [-0.15, -0.1) is 0 Å². The van der Waals surface area contributed by atoms with Crippen LogP contribution in [0.4, 0.5) is 9.18 Å². The summed E-state index contributed by atoms with van der Waals surface area (Å²) in [7, 11) is 0. The molecule has 1 aromatic heterocycles. The van der Waals surface area contributed by atoms with Crippen molar-refractivity contribution in [1.82, 2.24) is 20.2 Å². The number of amides is 2. The van der Waals surface area contributed by atoms with Crippen LogP contribution in [0.5, 0.6) is 0 Å². The van der Waals surface area contributed by atoms with E-state index in [2.05, 4.69) is 21.4 Å². The van der Waals surface area contributed by atoms with Gasteiger partial charge in [0, 0.05) is 26.1 Å². The van der Waals surface area contributed by atoms with E-state index in [4.69, 9.17) is 5.26 Å². The average Bonchev–Trinajstić information content (AvgIpc) is 3.00. The number of carbonyl (C=O) groups excluding carboxylic acids is 1. The van der Waals surface area contributed by atoms with Crippen LogP contribution in [-0.2, 0) is 6.42 Å². The summed E-state index contributed by atoms with van der Waals surface area (Å²) in [6, 6.07) is 6.59. The van der Waals surface area contributed by atoms with E-state index < -0.39 is 0 Å². The third kappa shape index (κ3) is 3.82. The Labute approximate surface area is 139 Å². The molecule has 3 rings (SSSR count). The molecule has 2 heterocycles. The van der Waals surface area contributed by atoms with Crippen LogP contribution in [0.2, 0.25) is 0 Å². The molecule has 1 atom stereocenters. The minimum absolute atomic E-state index is 0.0551. The molecular weight excluding hydrogens is 309 g/mol. The molecule has 1 aliphatic rings. The molecule has 126 valence electrons. The van der Waals surface area contributed by atoms with E-state index in [0.717, 1.165) is 30.6 Å². The van der Waals surface area contributed by atoms with E-state index in [9.17, 15) is 9.18 Å². The fourth-order valence-electron chi connectivity index (χ4n) is 2.98. The summed E-state index contributed by atoms with van der Waals surface area (Å²) in [5.41, 5.74) is 1.43. The summed E-state index contributed by atoms with van der Waals surface area (Å²) in [5.74, 6) is 0.440. The number of aryl methyl sites for hydroxylation is 1. The molecule has 1 aliphatic heterocycles. The van der Waals surface area contributed by atoms with Crippen molar-refractivity contribution in [1.29, 1.82) is 5.26 Å². The van der Waals surface area contributed by atoms with Gasteiger partial charge in [0.05, 0.1) is 23.0 Å². The number of nitrogens with one attached hydrogen (secondary N) is 2. The zero-order valence-corrected chi connectivity index (χ0v) is 13.4. The van der Waals surface area contributed by atoms with Gasteiger partial charge in [-0.3, -0.25) is 0 Å². The van der Waals surface area contributed by atoms with Crippen molar-refractivity contribution in [2.75, 3.05) is 19.6 Å². The lowest BCUT2D eigenvalue weighted by Crippen LogP contribution is -2.45. The number of fused-ring (bicyclic) bond motifs is 1. The normalized spacial score (nSPS) is 17.7. The van der Waals surface area contributed by atoms with Crippen LogP contribution in [-0.4, -0.2) is 40.5 Å². The number of carbonyl (C=O) groups is 1. The zero-order valence-electron chi connectivity index (χ0n) is 13.4. The van der Waals surface area contributed by atoms with E-state index >= 15 is 0 Å². The maximum atomic E-state index is 13.2. The van der Waals surface area contributed by atoms with Gasteiger partial charge in [-0.25, -0.2) is 14.2 Å². The van der Waals surface area contributed by atoms with Crippen molar-refractivity contribution in [2.24, 2.45) is 5.92 Å². The number of nitrogens with zero attached hydrogens (tertiary/aromatic N) is 3. The summed E-state index contributed by atoms with van der Waals surface area (Å²) in [4.78, 5) is 21.3. The van der Waals surface area contributed by atoms with E-state index in [1.807, 2.05) is 0 Å². The van der Waals surface area contributed by atoms with Crippen LogP contribution in [0, 0.1) is 23.1 Å². The molecule has 7 heteroatoms. The number of aromatic nitrogens is 2. The number of urea groups is 1. The van der Waals surface area contributed by atoms with Crippen LogP contribution in [0.25, 0.3) is 11.0 Å². The number of halogens is 1. The van der Waals surface area contributed by atoms with E-state index in [-0.39, 0.29) is 17.8 Å². The summed E-state index contributed by atoms with van der Waals surface area (Å²) >= 11 is 0. The minimum Gasteiger partial charge on any atom is -0.342 e. The first-order chi connectivity index (χ1) is 11.7. The smallest absolute Gasteiger partial charge is 0.317 e. The summed E-state index contributed by atoms with van der Waals surface area (Å²) < 4.78 is 13.2. The largest absolute Gasteiger partial charge is 0.342 e. The van der Waals surface area contributed by atoms with Gasteiger partial charge in [-0.2, -0.15) is 5.26 Å². The van der Waals surface area contributed by atoms with Crippen molar-refractivity contribution in [3.8, 4) is 6.07 Å². The number of hydrogen-bond acceptors (Lipinski definition) is 3. The van der Waals surface area contributed by atoms with Crippen LogP contribution < -0.4 is 5.32 Å². The SMILES string of the molecule is N#C[C@H]1CCCN(C(=O)NCCCc2nc3ccc(F)cc3[nH]2)C1. The molecule has 2 aromatic rings. The lowest BCUT2D eigenvalue weighted by atomic mass is 10.0. The number of rotatable bonds is 4. The number of aromatic amines is 1. The molecule has 6 nitrogen and oxygen atoms in total. The van der Waals surface area contributed by atoms with Crippen LogP contribution in [0.15, 0.2) is 18.2 Å². The Morgan fingerprint density at radius 3 is 3.25 bits per heavy atom. The Hall–Kier alpha value is -2.62. The third-order valence-corrected chi connectivity index (χ3v) is 4.25. The molecule has 1 saturated heterocycles. The van der Waals surface area contributed by atoms with Gasteiger partial charge in [-0.05, 0) is 37.5 Å². The van der Waals surface area contributed by atoms with Crippen molar-refractivity contribution in [3.63, 3.8) is 0 Å². The number of piperidine rings is 1. The van der Waals surface area contributed by atoms with Gasteiger partial charge in [0.1, 0.15) is 11.6 Å². The lowest BCUT2D eigenvalue weighted by molar-refractivity contribution is 0.176. The molecule has 0 radical (unpaired) electrons. The second-order valence-electron chi connectivity index (χ2n) is 6.09. The maximum absolute atomic E-state index is 13.2. The number of imidazole rings is 1. The molecule has 0 unspecified atom stereocenters. The number of H-pyrrole nitrogens is 1. The number of nitriles is 1. The van der Waals surface area contributed by atoms with E-state index in [1.165, 1.54) is 12.1 Å². The van der Waals surface area contributed by atoms with Crippen molar-refractivity contribution < 1.29 is 9.18 Å². The average molecular weight is 329 g/mol. The lowest BCUT2D eigenvalue weighted by Gasteiger charge is -2.29. The van der Waals surface area contributed by atoms with Crippen molar-refractivity contribution >= 4 is 17.1 Å². The van der Waals surface area contributed by atoms with E-state index in [1.54, 1.807) is 11.0 Å². The Morgan fingerprint density at radius 1 is 1.54 bits per heavy atom. The van der Waals surface area contributed by atoms with Gasteiger partial charge in [0.15, 0.2) is 0 Å². The highest BCUT2D eigenvalue weighted by Crippen LogP contribution is 2.15. The van der Waals surface area contributed by atoms with Gasteiger partial charge < -0.3 is 15.2 Å². The molecule has 2 amide bonds. The Morgan fingerprint density at radius 2 is 2.42 bits per heavy atom. The van der Waals surface area contributed by atoms with Gasteiger partial charge in [-0.1, -0.05) is 0 Å². The van der Waals surface area contributed by atoms with E-state index in [0.29, 0.717) is 31.6 Å². The topological polar surface area (TPSA) is 84.8 Å². The van der Waals surface area contributed by atoms with Crippen molar-refractivity contribution in [3.05, 3.63) is 29.8 Å². The highest BCUT2D eigenvalue weighted by atomic mass is 19.1. The number of hydrogen-bond donors (Lipinski definition) is 2. The summed E-state index contributed by atoms with van der Waals surface area (Å²) in [6.07, 6.45) is 3.16. The molecule has 1 aromatic carbocycles. The fourth-order valence-corrected chi connectivity index (χ4v) is 2.98. The first kappa shape index (κ1) is 16.2.